The molecule has 1 rings (SSSR count). The predicted molar refractivity (Wildman–Crippen MR) is 35.4 cm³/mol. The highest BCUT2D eigenvalue weighted by Crippen LogP contribution is 2.30. The minimum Gasteiger partial charge on any atom is -0.364 e. The number of hydrogen-bond acceptors (Lipinski definition) is 6. The molecular formula is C6H12O6. The molecule has 0 spiro atoms. The summed E-state index contributed by atoms with van der Waals surface area (Å²) in [6.45, 7) is 2.18. The van der Waals surface area contributed by atoms with Crippen molar-refractivity contribution in [2.45, 2.75) is 38.0 Å². The average Bonchev–Trinajstić information content (AvgIpc) is 2.06. The second kappa shape index (κ2) is 2.63. The standard InChI is InChI=1S/C6H12O6/c1-5(8,9)4-11-3(7)6(2,10)12-4/h3-4,7-10H,1-2H3. The van der Waals surface area contributed by atoms with Crippen molar-refractivity contribution < 1.29 is 29.9 Å². The molecule has 72 valence electrons. The smallest absolute Gasteiger partial charge is 0.217 e. The van der Waals surface area contributed by atoms with Crippen molar-refractivity contribution in [1.29, 1.82) is 0 Å². The molecule has 0 radical (unpaired) electrons. The highest BCUT2D eigenvalue weighted by Gasteiger charge is 2.50. The lowest BCUT2D eigenvalue weighted by molar-refractivity contribution is -0.303. The quantitative estimate of drug-likeness (QED) is 0.351. The van der Waals surface area contributed by atoms with E-state index in [4.69, 9.17) is 15.3 Å². The van der Waals surface area contributed by atoms with Gasteiger partial charge in [0.05, 0.1) is 0 Å². The maximum absolute atomic E-state index is 9.18. The lowest BCUT2D eigenvalue weighted by Gasteiger charge is -2.22. The first kappa shape index (κ1) is 9.85. The Balaban J connectivity index is 2.67. The van der Waals surface area contributed by atoms with Crippen LogP contribution in [-0.2, 0) is 9.47 Å². The minimum atomic E-state index is -2.25. The SMILES string of the molecule is CC(O)(O)C1OC(O)C(C)(O)O1. The van der Waals surface area contributed by atoms with Crippen LogP contribution in [0, 0.1) is 0 Å². The summed E-state index contributed by atoms with van der Waals surface area (Å²) in [5.74, 6) is -4.15. The Morgan fingerprint density at radius 2 is 1.92 bits per heavy atom. The van der Waals surface area contributed by atoms with Crippen LogP contribution in [-0.4, -0.2) is 44.6 Å². The second-order valence-electron chi connectivity index (χ2n) is 3.09. The highest BCUT2D eigenvalue weighted by molar-refractivity contribution is 4.77. The van der Waals surface area contributed by atoms with Crippen molar-refractivity contribution in [2.24, 2.45) is 0 Å². The Morgan fingerprint density at radius 1 is 1.42 bits per heavy atom. The van der Waals surface area contributed by atoms with Crippen LogP contribution in [0.15, 0.2) is 0 Å². The number of ether oxygens (including phenoxy) is 2. The van der Waals surface area contributed by atoms with Crippen molar-refractivity contribution in [3.63, 3.8) is 0 Å². The lowest BCUT2D eigenvalue weighted by atomic mass is 10.3. The van der Waals surface area contributed by atoms with Crippen molar-refractivity contribution in [3.05, 3.63) is 0 Å². The zero-order chi connectivity index (χ0) is 9.57. The van der Waals surface area contributed by atoms with E-state index in [0.29, 0.717) is 0 Å². The van der Waals surface area contributed by atoms with Gasteiger partial charge in [-0.2, -0.15) is 0 Å². The molecule has 1 heterocycles. The van der Waals surface area contributed by atoms with Gasteiger partial charge >= 0.3 is 0 Å². The summed E-state index contributed by atoms with van der Waals surface area (Å²) < 4.78 is 9.13. The van der Waals surface area contributed by atoms with Crippen molar-refractivity contribution >= 4 is 0 Å². The molecule has 0 aromatic rings. The molecule has 0 amide bonds. The van der Waals surface area contributed by atoms with Crippen molar-refractivity contribution in [3.8, 4) is 0 Å². The fourth-order valence-corrected chi connectivity index (χ4v) is 0.787. The minimum absolute atomic E-state index is 1.02. The van der Waals surface area contributed by atoms with Gasteiger partial charge in [0.15, 0.2) is 0 Å². The van der Waals surface area contributed by atoms with Gasteiger partial charge in [0, 0.05) is 0 Å². The van der Waals surface area contributed by atoms with Crippen LogP contribution in [0.5, 0.6) is 0 Å². The number of aliphatic hydroxyl groups is 4. The summed E-state index contributed by atoms with van der Waals surface area (Å²) in [5, 5.41) is 36.0. The van der Waals surface area contributed by atoms with Crippen LogP contribution in [0.4, 0.5) is 0 Å². The van der Waals surface area contributed by atoms with E-state index in [1.54, 1.807) is 0 Å². The van der Waals surface area contributed by atoms with E-state index in [9.17, 15) is 5.11 Å². The van der Waals surface area contributed by atoms with Gasteiger partial charge < -0.3 is 29.9 Å². The monoisotopic (exact) mass is 180 g/mol. The third-order valence-corrected chi connectivity index (χ3v) is 1.50. The van der Waals surface area contributed by atoms with Crippen molar-refractivity contribution in [1.82, 2.24) is 0 Å². The van der Waals surface area contributed by atoms with Crippen LogP contribution < -0.4 is 0 Å². The van der Waals surface area contributed by atoms with Gasteiger partial charge in [-0.25, -0.2) is 0 Å². The molecular weight excluding hydrogens is 168 g/mol. The van der Waals surface area contributed by atoms with Gasteiger partial charge in [0.1, 0.15) is 0 Å². The first-order valence-electron chi connectivity index (χ1n) is 3.42. The van der Waals surface area contributed by atoms with Crippen LogP contribution in [0.2, 0.25) is 0 Å². The van der Waals surface area contributed by atoms with Gasteiger partial charge in [0.25, 0.3) is 0 Å². The summed E-state index contributed by atoms with van der Waals surface area (Å²) in [6.07, 6.45) is -3.04. The zero-order valence-electron chi connectivity index (χ0n) is 6.76. The van der Waals surface area contributed by atoms with Crippen LogP contribution in [0.25, 0.3) is 0 Å². The summed E-state index contributed by atoms with van der Waals surface area (Å²) in [4.78, 5) is 0. The Hall–Kier alpha value is -0.240. The summed E-state index contributed by atoms with van der Waals surface area (Å²) >= 11 is 0. The third kappa shape index (κ3) is 1.74. The molecule has 1 aliphatic heterocycles. The first-order valence-corrected chi connectivity index (χ1v) is 3.42. The third-order valence-electron chi connectivity index (χ3n) is 1.50. The van der Waals surface area contributed by atoms with Crippen LogP contribution in [0.3, 0.4) is 0 Å². The molecule has 0 aromatic carbocycles. The number of aliphatic hydroxyl groups excluding tert-OH is 1. The average molecular weight is 180 g/mol. The summed E-state index contributed by atoms with van der Waals surface area (Å²) in [6, 6.07) is 0. The fraction of sp³-hybridized carbons (Fsp3) is 1.00. The molecule has 1 aliphatic rings. The van der Waals surface area contributed by atoms with Gasteiger partial charge in [-0.3, -0.25) is 0 Å². The first-order chi connectivity index (χ1) is 5.23. The molecule has 1 saturated heterocycles. The number of hydrogen-bond donors (Lipinski definition) is 4. The van der Waals surface area contributed by atoms with E-state index in [1.165, 1.54) is 0 Å². The number of rotatable bonds is 1. The Bertz CT molecular complexity index is 171. The Kier molecular flexibility index (Phi) is 2.15. The Morgan fingerprint density at radius 3 is 2.08 bits per heavy atom. The molecule has 3 unspecified atom stereocenters. The zero-order valence-corrected chi connectivity index (χ0v) is 6.76. The lowest BCUT2D eigenvalue weighted by Crippen LogP contribution is -2.41. The molecule has 4 N–H and O–H groups in total. The molecule has 12 heavy (non-hydrogen) atoms. The van der Waals surface area contributed by atoms with Gasteiger partial charge in [-0.15, -0.1) is 0 Å². The fourth-order valence-electron chi connectivity index (χ4n) is 0.787. The van der Waals surface area contributed by atoms with Crippen molar-refractivity contribution in [2.75, 3.05) is 0 Å². The molecule has 1 fully saturated rings. The van der Waals surface area contributed by atoms with Crippen LogP contribution >= 0.6 is 0 Å². The molecule has 6 heteroatoms. The molecule has 0 aliphatic carbocycles. The van der Waals surface area contributed by atoms with E-state index >= 15 is 0 Å². The van der Waals surface area contributed by atoms with Gasteiger partial charge in [-0.05, 0) is 13.8 Å². The molecule has 3 atom stereocenters. The maximum Gasteiger partial charge on any atom is 0.217 e. The molecule has 6 nitrogen and oxygen atoms in total. The molecule has 0 aromatic heterocycles. The topological polar surface area (TPSA) is 99.4 Å². The van der Waals surface area contributed by atoms with Gasteiger partial charge in [0.2, 0.25) is 24.2 Å². The normalized spacial score (nSPS) is 43.5. The second-order valence-corrected chi connectivity index (χ2v) is 3.09. The van der Waals surface area contributed by atoms with E-state index in [0.717, 1.165) is 13.8 Å². The predicted octanol–water partition coefficient (Wildman–Crippen LogP) is -1.91. The maximum atomic E-state index is 9.18. The summed E-state index contributed by atoms with van der Waals surface area (Å²) in [5.41, 5.74) is 0. The molecule has 0 bridgehead atoms. The van der Waals surface area contributed by atoms with E-state index in [2.05, 4.69) is 9.47 Å². The Labute approximate surface area is 69.0 Å². The molecule has 0 saturated carbocycles. The van der Waals surface area contributed by atoms with Crippen LogP contribution in [0.1, 0.15) is 13.8 Å². The summed E-state index contributed by atoms with van der Waals surface area (Å²) in [7, 11) is 0. The largest absolute Gasteiger partial charge is 0.364 e. The highest BCUT2D eigenvalue weighted by atomic mass is 16.9. The van der Waals surface area contributed by atoms with E-state index in [-0.39, 0.29) is 0 Å². The van der Waals surface area contributed by atoms with E-state index < -0.39 is 24.2 Å². The van der Waals surface area contributed by atoms with Gasteiger partial charge in [-0.1, -0.05) is 0 Å². The van der Waals surface area contributed by atoms with E-state index in [1.807, 2.05) is 0 Å².